The van der Waals surface area contributed by atoms with Crippen LogP contribution in [-0.4, -0.2) is 26.2 Å². The quantitative estimate of drug-likeness (QED) is 0.653. The second-order valence-electron chi connectivity index (χ2n) is 5.95. The number of hydrogen-bond acceptors (Lipinski definition) is 4. The molecule has 0 bridgehead atoms. The molecule has 1 N–H and O–H groups in total. The van der Waals surface area contributed by atoms with Crippen LogP contribution in [0.5, 0.6) is 17.2 Å². The molecule has 0 aliphatic rings. The zero-order chi connectivity index (χ0) is 18.9. The Hall–Kier alpha value is -2.69. The third-order valence-electron chi connectivity index (χ3n) is 3.86. The Kier molecular flexibility index (Phi) is 7.33. The van der Waals surface area contributed by atoms with Gasteiger partial charge in [0, 0.05) is 5.56 Å². The van der Waals surface area contributed by atoms with Gasteiger partial charge in [-0.25, -0.2) is 0 Å². The van der Waals surface area contributed by atoms with Gasteiger partial charge in [0.2, 0.25) is 0 Å². The molecule has 0 aliphatic carbocycles. The topological polar surface area (TPSA) is 56.8 Å². The highest BCUT2D eigenvalue weighted by molar-refractivity contribution is 6.05. The van der Waals surface area contributed by atoms with E-state index in [-0.39, 0.29) is 5.91 Å². The number of amides is 1. The molecule has 2 aromatic carbocycles. The Morgan fingerprint density at radius 1 is 1.00 bits per heavy atom. The van der Waals surface area contributed by atoms with Crippen molar-refractivity contribution in [3.8, 4) is 17.2 Å². The number of methoxy groups -OCH3 is 1. The smallest absolute Gasteiger partial charge is 0.255 e. The summed E-state index contributed by atoms with van der Waals surface area (Å²) < 4.78 is 16.7. The number of anilines is 1. The first kappa shape index (κ1) is 19.6. The van der Waals surface area contributed by atoms with Gasteiger partial charge in [-0.1, -0.05) is 19.4 Å². The van der Waals surface area contributed by atoms with Crippen LogP contribution in [0.3, 0.4) is 0 Å². The van der Waals surface area contributed by atoms with Crippen LogP contribution in [0.2, 0.25) is 0 Å². The summed E-state index contributed by atoms with van der Waals surface area (Å²) in [6, 6.07) is 10.9. The monoisotopic (exact) mass is 357 g/mol. The number of nitrogens with one attached hydrogen (secondary N) is 1. The van der Waals surface area contributed by atoms with Crippen LogP contribution < -0.4 is 19.5 Å². The van der Waals surface area contributed by atoms with Gasteiger partial charge in [0.15, 0.2) is 11.5 Å². The molecule has 1 amide bonds. The van der Waals surface area contributed by atoms with Crippen molar-refractivity contribution < 1.29 is 19.0 Å². The predicted octanol–water partition coefficient (Wildman–Crippen LogP) is 4.83. The number of carbonyl (C=O) groups excluding carboxylic acids is 1. The van der Waals surface area contributed by atoms with Crippen molar-refractivity contribution in [2.45, 2.75) is 33.6 Å². The highest BCUT2D eigenvalue weighted by atomic mass is 16.5. The molecule has 0 saturated heterocycles. The Labute approximate surface area is 155 Å². The van der Waals surface area contributed by atoms with Gasteiger partial charge in [-0.3, -0.25) is 4.79 Å². The fourth-order valence-corrected chi connectivity index (χ4v) is 2.48. The largest absolute Gasteiger partial charge is 0.495 e. The third-order valence-corrected chi connectivity index (χ3v) is 3.86. The highest BCUT2D eigenvalue weighted by Crippen LogP contribution is 2.30. The highest BCUT2D eigenvalue weighted by Gasteiger charge is 2.14. The van der Waals surface area contributed by atoms with E-state index in [2.05, 4.69) is 12.2 Å². The molecule has 0 aromatic heterocycles. The zero-order valence-electron chi connectivity index (χ0n) is 15.9. The van der Waals surface area contributed by atoms with Gasteiger partial charge in [-0.05, 0) is 56.2 Å². The number of unbranched alkanes of at least 4 members (excludes halogenated alkanes) is 1. The number of carbonyl (C=O) groups is 1. The van der Waals surface area contributed by atoms with Crippen molar-refractivity contribution in [3.05, 3.63) is 47.5 Å². The Morgan fingerprint density at radius 2 is 1.77 bits per heavy atom. The number of ether oxygens (including phenoxy) is 3. The van der Waals surface area contributed by atoms with Crippen LogP contribution in [0.25, 0.3) is 0 Å². The summed E-state index contributed by atoms with van der Waals surface area (Å²) in [5, 5.41) is 2.90. The molecule has 5 heteroatoms. The summed E-state index contributed by atoms with van der Waals surface area (Å²) in [5.41, 5.74) is 2.18. The summed E-state index contributed by atoms with van der Waals surface area (Å²) in [4.78, 5) is 12.7. The summed E-state index contributed by atoms with van der Waals surface area (Å²) in [6.45, 7) is 7.11. The van der Waals surface area contributed by atoms with E-state index in [9.17, 15) is 4.79 Å². The molecule has 0 atom stereocenters. The predicted molar refractivity (Wildman–Crippen MR) is 104 cm³/mol. The maximum Gasteiger partial charge on any atom is 0.255 e. The van der Waals surface area contributed by atoms with Gasteiger partial charge in [0.05, 0.1) is 26.0 Å². The first-order valence-corrected chi connectivity index (χ1v) is 8.94. The standard InChI is InChI=1S/C21H27NO4/c1-5-7-12-26-19-11-9-16(14-20(19)25-6-2)21(23)22-17-13-15(3)8-10-18(17)24-4/h8-11,13-14H,5-7,12H2,1-4H3,(H,22,23). The molecule has 0 radical (unpaired) electrons. The normalized spacial score (nSPS) is 10.3. The van der Waals surface area contributed by atoms with Gasteiger partial charge in [0.25, 0.3) is 5.91 Å². The molecule has 5 nitrogen and oxygen atoms in total. The van der Waals surface area contributed by atoms with Crippen LogP contribution in [0.1, 0.15) is 42.6 Å². The lowest BCUT2D eigenvalue weighted by Crippen LogP contribution is -2.13. The second-order valence-corrected chi connectivity index (χ2v) is 5.95. The summed E-state index contributed by atoms with van der Waals surface area (Å²) in [6.07, 6.45) is 2.03. The van der Waals surface area contributed by atoms with E-state index in [1.165, 1.54) is 0 Å². The lowest BCUT2D eigenvalue weighted by atomic mass is 10.1. The van der Waals surface area contributed by atoms with Gasteiger partial charge < -0.3 is 19.5 Å². The first-order valence-electron chi connectivity index (χ1n) is 8.94. The van der Waals surface area contributed by atoms with E-state index in [0.717, 1.165) is 18.4 Å². The maximum atomic E-state index is 12.7. The lowest BCUT2D eigenvalue weighted by molar-refractivity contribution is 0.102. The fourth-order valence-electron chi connectivity index (χ4n) is 2.48. The SMILES string of the molecule is CCCCOc1ccc(C(=O)Nc2cc(C)ccc2OC)cc1OCC. The number of aryl methyl sites for hydroxylation is 1. The number of rotatable bonds is 9. The molecule has 2 aromatic rings. The third kappa shape index (κ3) is 5.15. The Balaban J connectivity index is 2.20. The summed E-state index contributed by atoms with van der Waals surface area (Å²) >= 11 is 0. The van der Waals surface area contributed by atoms with E-state index in [1.54, 1.807) is 25.3 Å². The second kappa shape index (κ2) is 9.70. The summed E-state index contributed by atoms with van der Waals surface area (Å²) in [5.74, 6) is 1.63. The van der Waals surface area contributed by atoms with Gasteiger partial charge >= 0.3 is 0 Å². The molecule has 26 heavy (non-hydrogen) atoms. The van der Waals surface area contributed by atoms with Crippen molar-refractivity contribution in [3.63, 3.8) is 0 Å². The average molecular weight is 357 g/mol. The van der Waals surface area contributed by atoms with Gasteiger partial charge in [-0.2, -0.15) is 0 Å². The minimum absolute atomic E-state index is 0.227. The molecule has 0 spiro atoms. The Bertz CT molecular complexity index is 743. The maximum absolute atomic E-state index is 12.7. The van der Waals surface area contributed by atoms with Gasteiger partial charge in [0.1, 0.15) is 5.75 Å². The van der Waals surface area contributed by atoms with Crippen molar-refractivity contribution in [1.82, 2.24) is 0 Å². The van der Waals surface area contributed by atoms with Crippen LogP contribution in [-0.2, 0) is 0 Å². The van der Waals surface area contributed by atoms with Gasteiger partial charge in [-0.15, -0.1) is 0 Å². The van der Waals surface area contributed by atoms with Crippen LogP contribution >= 0.6 is 0 Å². The molecule has 0 unspecified atom stereocenters. The lowest BCUT2D eigenvalue weighted by Gasteiger charge is -2.14. The molecule has 0 fully saturated rings. The fraction of sp³-hybridized carbons (Fsp3) is 0.381. The van der Waals surface area contributed by atoms with Crippen molar-refractivity contribution in [2.75, 3.05) is 25.6 Å². The molecule has 140 valence electrons. The van der Waals surface area contributed by atoms with Crippen molar-refractivity contribution in [2.24, 2.45) is 0 Å². The van der Waals surface area contributed by atoms with E-state index in [0.29, 0.717) is 41.7 Å². The minimum atomic E-state index is -0.227. The van der Waals surface area contributed by atoms with Crippen LogP contribution in [0.15, 0.2) is 36.4 Å². The molecular formula is C21H27NO4. The molecule has 2 rings (SSSR count). The van der Waals surface area contributed by atoms with Crippen molar-refractivity contribution in [1.29, 1.82) is 0 Å². The minimum Gasteiger partial charge on any atom is -0.495 e. The van der Waals surface area contributed by atoms with Crippen LogP contribution in [0.4, 0.5) is 5.69 Å². The molecule has 0 saturated carbocycles. The van der Waals surface area contributed by atoms with E-state index in [1.807, 2.05) is 32.0 Å². The zero-order valence-corrected chi connectivity index (χ0v) is 15.9. The van der Waals surface area contributed by atoms with Crippen molar-refractivity contribution >= 4 is 11.6 Å². The van der Waals surface area contributed by atoms with E-state index >= 15 is 0 Å². The number of hydrogen-bond donors (Lipinski definition) is 1. The van der Waals surface area contributed by atoms with E-state index < -0.39 is 0 Å². The number of benzene rings is 2. The van der Waals surface area contributed by atoms with Crippen LogP contribution in [0, 0.1) is 6.92 Å². The molecule has 0 aliphatic heterocycles. The molecule has 0 heterocycles. The first-order chi connectivity index (χ1) is 12.6. The molecular weight excluding hydrogens is 330 g/mol. The average Bonchev–Trinajstić information content (AvgIpc) is 2.63. The summed E-state index contributed by atoms with van der Waals surface area (Å²) in [7, 11) is 1.58. The Morgan fingerprint density at radius 3 is 2.46 bits per heavy atom. The van der Waals surface area contributed by atoms with E-state index in [4.69, 9.17) is 14.2 Å².